The highest BCUT2D eigenvalue weighted by molar-refractivity contribution is 9.10. The number of carbonyl (C=O) groups excluding carboxylic acids is 2. The summed E-state index contributed by atoms with van der Waals surface area (Å²) in [5.41, 5.74) is 1.49. The van der Waals surface area contributed by atoms with Gasteiger partial charge >= 0.3 is 0 Å². The lowest BCUT2D eigenvalue weighted by Crippen LogP contribution is -2.27. The van der Waals surface area contributed by atoms with Crippen LogP contribution in [0.15, 0.2) is 59.5 Å². The van der Waals surface area contributed by atoms with Gasteiger partial charge in [0.2, 0.25) is 5.91 Å². The summed E-state index contributed by atoms with van der Waals surface area (Å²) in [6.07, 6.45) is 6.34. The molecule has 0 saturated heterocycles. The Kier molecular flexibility index (Phi) is 8.45. The minimum atomic E-state index is -0.372. The summed E-state index contributed by atoms with van der Waals surface area (Å²) in [4.78, 5) is 40.9. The second kappa shape index (κ2) is 11.5. The molecule has 0 fully saturated rings. The number of fused-ring (bicyclic) bond motifs is 1. The number of anilines is 3. The van der Waals surface area contributed by atoms with Gasteiger partial charge in [-0.25, -0.2) is 15.0 Å². The Morgan fingerprint density at radius 3 is 2.67 bits per heavy atom. The molecule has 2 amide bonds. The van der Waals surface area contributed by atoms with Crippen LogP contribution in [0.4, 0.5) is 17.3 Å². The van der Waals surface area contributed by atoms with Crippen LogP contribution >= 0.6 is 15.9 Å². The Labute approximate surface area is 201 Å². The largest absolute Gasteiger partial charge is 0.353 e. The van der Waals surface area contributed by atoms with Gasteiger partial charge in [0, 0.05) is 41.3 Å². The van der Waals surface area contributed by atoms with Crippen molar-refractivity contribution >= 4 is 56.0 Å². The molecule has 0 aliphatic carbocycles. The quantitative estimate of drug-likeness (QED) is 0.336. The summed E-state index contributed by atoms with van der Waals surface area (Å²) >= 11 is 3.46. The number of hydrogen-bond acceptors (Lipinski definition) is 7. The lowest BCUT2D eigenvalue weighted by Gasteiger charge is -2.15. The van der Waals surface area contributed by atoms with Gasteiger partial charge in [0.15, 0.2) is 0 Å². The molecule has 0 aliphatic rings. The minimum Gasteiger partial charge on any atom is -0.353 e. The lowest BCUT2D eigenvalue weighted by atomic mass is 10.2. The Morgan fingerprint density at radius 2 is 1.91 bits per heavy atom. The van der Waals surface area contributed by atoms with E-state index in [1.54, 1.807) is 19.3 Å². The molecule has 0 spiro atoms. The second-order valence-corrected chi connectivity index (χ2v) is 8.51. The average molecular weight is 512 g/mol. The maximum atomic E-state index is 12.6. The Morgan fingerprint density at radius 1 is 1.09 bits per heavy atom. The van der Waals surface area contributed by atoms with Crippen LogP contribution in [0, 0.1) is 0 Å². The van der Waals surface area contributed by atoms with Crippen molar-refractivity contribution in [3.63, 3.8) is 0 Å². The first kappa shape index (κ1) is 24.3. The van der Waals surface area contributed by atoms with Gasteiger partial charge in [-0.2, -0.15) is 0 Å². The van der Waals surface area contributed by atoms with Crippen molar-refractivity contribution in [1.29, 1.82) is 0 Å². The third kappa shape index (κ3) is 7.06. The Hall–Kier alpha value is -3.37. The molecule has 172 valence electrons. The van der Waals surface area contributed by atoms with E-state index < -0.39 is 0 Å². The lowest BCUT2D eigenvalue weighted by molar-refractivity contribution is -0.117. The van der Waals surface area contributed by atoms with Crippen molar-refractivity contribution < 1.29 is 9.59 Å². The highest BCUT2D eigenvalue weighted by Gasteiger charge is 2.13. The molecule has 1 aromatic carbocycles. The fourth-order valence-electron chi connectivity index (χ4n) is 2.97. The predicted molar refractivity (Wildman–Crippen MR) is 133 cm³/mol. The maximum absolute atomic E-state index is 12.6. The van der Waals surface area contributed by atoms with E-state index in [1.165, 1.54) is 23.4 Å². The van der Waals surface area contributed by atoms with Gasteiger partial charge in [0.1, 0.15) is 18.0 Å². The Balaban J connectivity index is 1.71. The third-order valence-electron chi connectivity index (χ3n) is 4.73. The van der Waals surface area contributed by atoms with Crippen LogP contribution in [-0.4, -0.2) is 65.9 Å². The summed E-state index contributed by atoms with van der Waals surface area (Å²) in [6.45, 7) is 1.42. The van der Waals surface area contributed by atoms with Crippen LogP contribution in [0.2, 0.25) is 0 Å². The SMILES string of the molecule is CN(C)CCCNC(=O)/C=C/C(=O)N(C)c1cc2c(Nc3cccc(Br)c3)ncnc2cn1. The third-order valence-corrected chi connectivity index (χ3v) is 5.22. The summed E-state index contributed by atoms with van der Waals surface area (Å²) in [7, 11) is 5.55. The molecular formula is C23H26BrN7O2. The van der Waals surface area contributed by atoms with E-state index in [0.29, 0.717) is 29.1 Å². The standard InChI is InChI=1S/C23H26BrN7O2/c1-30(2)11-5-10-25-21(32)8-9-22(33)31(3)20-13-18-19(14-26-20)27-15-28-23(18)29-17-7-4-6-16(24)12-17/h4,6-9,12-15H,5,10-11H2,1-3H3,(H,25,32)(H,27,28,29)/b9-8+. The number of amides is 2. The van der Waals surface area contributed by atoms with E-state index in [9.17, 15) is 9.59 Å². The molecule has 9 nitrogen and oxygen atoms in total. The van der Waals surface area contributed by atoms with Crippen LogP contribution in [0.1, 0.15) is 6.42 Å². The topological polar surface area (TPSA) is 103 Å². The zero-order chi connectivity index (χ0) is 23.8. The fraction of sp³-hybridized carbons (Fsp3) is 0.261. The van der Waals surface area contributed by atoms with Gasteiger partial charge in [-0.1, -0.05) is 22.0 Å². The van der Waals surface area contributed by atoms with Crippen LogP contribution in [0.3, 0.4) is 0 Å². The summed E-state index contributed by atoms with van der Waals surface area (Å²) in [6, 6.07) is 9.45. The molecule has 0 atom stereocenters. The summed E-state index contributed by atoms with van der Waals surface area (Å²) < 4.78 is 0.937. The molecule has 2 heterocycles. The molecule has 3 aromatic rings. The second-order valence-electron chi connectivity index (χ2n) is 7.60. The number of carbonyl (C=O) groups is 2. The molecule has 0 aliphatic heterocycles. The van der Waals surface area contributed by atoms with Crippen molar-refractivity contribution in [2.45, 2.75) is 6.42 Å². The van der Waals surface area contributed by atoms with Crippen molar-refractivity contribution in [2.75, 3.05) is 44.4 Å². The first-order chi connectivity index (χ1) is 15.8. The van der Waals surface area contributed by atoms with Crippen molar-refractivity contribution in [2.24, 2.45) is 0 Å². The van der Waals surface area contributed by atoms with Crippen molar-refractivity contribution in [3.8, 4) is 0 Å². The number of nitrogens with zero attached hydrogens (tertiary/aromatic N) is 5. The number of aromatic nitrogens is 3. The van der Waals surface area contributed by atoms with E-state index in [0.717, 1.165) is 23.1 Å². The molecule has 3 rings (SSSR count). The monoisotopic (exact) mass is 511 g/mol. The molecule has 2 N–H and O–H groups in total. The number of rotatable bonds is 9. The Bertz CT molecular complexity index is 1170. The zero-order valence-corrected chi connectivity index (χ0v) is 20.3. The molecule has 10 heteroatoms. The number of benzene rings is 1. The zero-order valence-electron chi connectivity index (χ0n) is 18.7. The first-order valence-corrected chi connectivity index (χ1v) is 11.1. The number of likely N-dealkylation sites (N-methyl/N-ethyl adjacent to an activating group) is 1. The summed E-state index contributed by atoms with van der Waals surface area (Å²) in [5, 5.41) is 6.75. The molecule has 0 saturated carbocycles. The minimum absolute atomic E-state index is 0.309. The molecule has 33 heavy (non-hydrogen) atoms. The molecule has 2 aromatic heterocycles. The molecule has 0 radical (unpaired) electrons. The van der Waals surface area contributed by atoms with Gasteiger partial charge in [-0.15, -0.1) is 0 Å². The number of halogens is 1. The van der Waals surface area contributed by atoms with E-state index in [2.05, 4.69) is 41.5 Å². The smallest absolute Gasteiger partial charge is 0.252 e. The average Bonchev–Trinajstić information content (AvgIpc) is 2.79. The van der Waals surface area contributed by atoms with Crippen molar-refractivity contribution in [1.82, 2.24) is 25.2 Å². The van der Waals surface area contributed by atoms with E-state index in [1.807, 2.05) is 43.3 Å². The van der Waals surface area contributed by atoms with Crippen LogP contribution in [0.25, 0.3) is 10.9 Å². The molecule has 0 bridgehead atoms. The number of pyridine rings is 1. The number of nitrogens with one attached hydrogen (secondary N) is 2. The van der Waals surface area contributed by atoms with E-state index in [-0.39, 0.29) is 11.8 Å². The molecule has 0 unspecified atom stereocenters. The first-order valence-electron chi connectivity index (χ1n) is 10.3. The highest BCUT2D eigenvalue weighted by Crippen LogP contribution is 2.26. The van der Waals surface area contributed by atoms with E-state index in [4.69, 9.17) is 0 Å². The van der Waals surface area contributed by atoms with Gasteiger partial charge in [0.25, 0.3) is 5.91 Å². The predicted octanol–water partition coefficient (Wildman–Crippen LogP) is 3.12. The highest BCUT2D eigenvalue weighted by atomic mass is 79.9. The maximum Gasteiger partial charge on any atom is 0.252 e. The number of hydrogen-bond donors (Lipinski definition) is 2. The van der Waals surface area contributed by atoms with Crippen LogP contribution < -0.4 is 15.5 Å². The molecular weight excluding hydrogens is 486 g/mol. The van der Waals surface area contributed by atoms with Gasteiger partial charge < -0.3 is 15.5 Å². The van der Waals surface area contributed by atoms with E-state index >= 15 is 0 Å². The van der Waals surface area contributed by atoms with Gasteiger partial charge in [-0.3, -0.25) is 14.5 Å². The normalized spacial score (nSPS) is 11.2. The van der Waals surface area contributed by atoms with Crippen molar-refractivity contribution in [3.05, 3.63) is 59.5 Å². The summed E-state index contributed by atoms with van der Waals surface area (Å²) in [5.74, 6) is 0.324. The fourth-order valence-corrected chi connectivity index (χ4v) is 3.37. The van der Waals surface area contributed by atoms with Gasteiger partial charge in [-0.05, 0) is 51.3 Å². The van der Waals surface area contributed by atoms with Crippen LogP contribution in [0.5, 0.6) is 0 Å². The van der Waals surface area contributed by atoms with Crippen LogP contribution in [-0.2, 0) is 9.59 Å². The van der Waals surface area contributed by atoms with Gasteiger partial charge in [0.05, 0.1) is 11.7 Å².